The summed E-state index contributed by atoms with van der Waals surface area (Å²) >= 11 is 0. The molecule has 0 unspecified atom stereocenters. The van der Waals surface area contributed by atoms with E-state index >= 15 is 0 Å². The van der Waals surface area contributed by atoms with Crippen LogP contribution in [0.3, 0.4) is 0 Å². The second kappa shape index (κ2) is 10.1. The Kier molecular flexibility index (Phi) is 7.79. The number of hydrogen-bond acceptors (Lipinski definition) is 3. The molecule has 0 bridgehead atoms. The van der Waals surface area contributed by atoms with Gasteiger partial charge in [-0.05, 0) is 49.8 Å². The van der Waals surface area contributed by atoms with Crippen molar-refractivity contribution in [3.63, 3.8) is 0 Å². The number of ether oxygens (including phenoxy) is 1. The predicted molar refractivity (Wildman–Crippen MR) is 108 cm³/mol. The van der Waals surface area contributed by atoms with Crippen LogP contribution in [-0.4, -0.2) is 12.0 Å². The summed E-state index contributed by atoms with van der Waals surface area (Å²) in [6, 6.07) is 15.6. The first kappa shape index (κ1) is 20.1. The Labute approximate surface area is 161 Å². The Hall–Kier alpha value is -2.20. The maximum absolute atomic E-state index is 12.2. The molecule has 3 rings (SSSR count). The molecule has 0 aliphatic heterocycles. The molecule has 1 aliphatic carbocycles. The van der Waals surface area contributed by atoms with E-state index in [1.165, 1.54) is 12.8 Å². The average Bonchev–Trinajstić information content (AvgIpc) is 3.13. The summed E-state index contributed by atoms with van der Waals surface area (Å²) in [5, 5.41) is 2.99. The molecule has 0 saturated heterocycles. The van der Waals surface area contributed by atoms with Crippen LogP contribution in [0.4, 0.5) is 5.69 Å². The summed E-state index contributed by atoms with van der Waals surface area (Å²) in [6.07, 6.45) is 6.13. The van der Waals surface area contributed by atoms with Crippen molar-refractivity contribution >= 4 is 24.0 Å². The van der Waals surface area contributed by atoms with Gasteiger partial charge in [-0.1, -0.05) is 36.4 Å². The van der Waals surface area contributed by atoms with Crippen molar-refractivity contribution in [2.45, 2.75) is 51.2 Å². The molecule has 0 aromatic heterocycles. The molecular weight excluding hydrogens is 348 g/mol. The zero-order chi connectivity index (χ0) is 17.5. The van der Waals surface area contributed by atoms with Crippen LogP contribution in [0.15, 0.2) is 48.5 Å². The maximum Gasteiger partial charge on any atom is 0.220 e. The van der Waals surface area contributed by atoms with Gasteiger partial charge in [-0.25, -0.2) is 0 Å². The van der Waals surface area contributed by atoms with Crippen molar-refractivity contribution < 1.29 is 9.53 Å². The van der Waals surface area contributed by atoms with E-state index in [1.807, 2.05) is 48.5 Å². The molecule has 4 nitrogen and oxygen atoms in total. The molecule has 2 aromatic rings. The van der Waals surface area contributed by atoms with E-state index in [9.17, 15) is 4.79 Å². The van der Waals surface area contributed by atoms with Gasteiger partial charge < -0.3 is 15.8 Å². The molecule has 0 radical (unpaired) electrons. The van der Waals surface area contributed by atoms with Crippen molar-refractivity contribution in [3.05, 3.63) is 59.7 Å². The first-order chi connectivity index (χ1) is 12.2. The number of nitrogen functional groups attached to an aromatic ring is 1. The molecule has 2 aromatic carbocycles. The number of para-hydroxylation sites is 2. The number of nitrogens with one attached hydrogen (secondary N) is 1. The van der Waals surface area contributed by atoms with Gasteiger partial charge in [0.15, 0.2) is 0 Å². The second-order valence-corrected chi connectivity index (χ2v) is 6.61. The topological polar surface area (TPSA) is 64.4 Å². The summed E-state index contributed by atoms with van der Waals surface area (Å²) < 4.78 is 6.12. The standard InChI is InChI=1S/C21H26N2O2.ClH/c22-19-11-5-1-7-16(19)13-14-21(24)23-15-17-8-2-6-12-20(17)25-18-9-3-4-10-18;/h1-2,5-8,11-12,18H,3-4,9-10,13-15,22H2,(H,23,24);1H. The number of amides is 1. The number of carbonyl (C=O) groups is 1. The van der Waals surface area contributed by atoms with Crippen LogP contribution in [-0.2, 0) is 17.8 Å². The van der Waals surface area contributed by atoms with Gasteiger partial charge in [-0.15, -0.1) is 12.4 Å². The normalized spacial score (nSPS) is 13.8. The van der Waals surface area contributed by atoms with E-state index in [-0.39, 0.29) is 18.3 Å². The lowest BCUT2D eigenvalue weighted by Crippen LogP contribution is -2.24. The van der Waals surface area contributed by atoms with Crippen LogP contribution < -0.4 is 15.8 Å². The minimum atomic E-state index is 0. The molecule has 1 amide bonds. The van der Waals surface area contributed by atoms with Crippen molar-refractivity contribution in [1.82, 2.24) is 5.32 Å². The Morgan fingerprint density at radius 1 is 1.04 bits per heavy atom. The number of rotatable bonds is 7. The average molecular weight is 375 g/mol. The van der Waals surface area contributed by atoms with Crippen LogP contribution >= 0.6 is 12.4 Å². The zero-order valence-electron chi connectivity index (χ0n) is 14.9. The Bertz CT molecular complexity index is 715. The smallest absolute Gasteiger partial charge is 0.220 e. The molecule has 0 heterocycles. The molecule has 3 N–H and O–H groups in total. The first-order valence-corrected chi connectivity index (χ1v) is 9.07. The van der Waals surface area contributed by atoms with Gasteiger partial charge in [0.25, 0.3) is 0 Å². The highest BCUT2D eigenvalue weighted by Crippen LogP contribution is 2.26. The van der Waals surface area contributed by atoms with Crippen molar-refractivity contribution in [3.8, 4) is 5.75 Å². The van der Waals surface area contributed by atoms with E-state index in [0.717, 1.165) is 35.4 Å². The number of carbonyl (C=O) groups excluding carboxylic acids is 1. The minimum absolute atomic E-state index is 0. The molecule has 5 heteroatoms. The highest BCUT2D eigenvalue weighted by molar-refractivity contribution is 5.85. The van der Waals surface area contributed by atoms with E-state index < -0.39 is 0 Å². The lowest BCUT2D eigenvalue weighted by atomic mass is 10.1. The van der Waals surface area contributed by atoms with Gasteiger partial charge in [-0.3, -0.25) is 4.79 Å². The number of halogens is 1. The van der Waals surface area contributed by atoms with Crippen molar-refractivity contribution in [2.24, 2.45) is 0 Å². The van der Waals surface area contributed by atoms with E-state index in [0.29, 0.717) is 25.5 Å². The largest absolute Gasteiger partial charge is 0.490 e. The third kappa shape index (κ3) is 5.67. The van der Waals surface area contributed by atoms with Crippen molar-refractivity contribution in [2.75, 3.05) is 5.73 Å². The Morgan fingerprint density at radius 3 is 2.42 bits per heavy atom. The predicted octanol–water partition coefficient (Wildman–Crippen LogP) is 4.26. The van der Waals surface area contributed by atoms with Gasteiger partial charge in [0, 0.05) is 24.2 Å². The number of nitrogens with two attached hydrogens (primary N) is 1. The number of anilines is 1. The highest BCUT2D eigenvalue weighted by atomic mass is 35.5. The monoisotopic (exact) mass is 374 g/mol. The Balaban J connectivity index is 0.00000243. The van der Waals surface area contributed by atoms with E-state index in [2.05, 4.69) is 5.32 Å². The summed E-state index contributed by atoms with van der Waals surface area (Å²) in [4.78, 5) is 12.2. The minimum Gasteiger partial charge on any atom is -0.490 e. The van der Waals surface area contributed by atoms with Crippen LogP contribution in [0.1, 0.15) is 43.2 Å². The highest BCUT2D eigenvalue weighted by Gasteiger charge is 2.17. The molecule has 1 saturated carbocycles. The fourth-order valence-corrected chi connectivity index (χ4v) is 3.24. The fraction of sp³-hybridized carbons (Fsp3) is 0.381. The van der Waals surface area contributed by atoms with Crippen LogP contribution in [0, 0.1) is 0 Å². The summed E-state index contributed by atoms with van der Waals surface area (Å²) in [5.74, 6) is 0.918. The number of aryl methyl sites for hydroxylation is 1. The van der Waals surface area contributed by atoms with E-state index in [1.54, 1.807) is 0 Å². The molecule has 26 heavy (non-hydrogen) atoms. The van der Waals surface area contributed by atoms with Crippen LogP contribution in [0.25, 0.3) is 0 Å². The van der Waals surface area contributed by atoms with Crippen LogP contribution in [0.2, 0.25) is 0 Å². The molecular formula is C21H27ClN2O2. The van der Waals surface area contributed by atoms with Crippen LogP contribution in [0.5, 0.6) is 5.75 Å². The van der Waals surface area contributed by atoms with Gasteiger partial charge in [0.1, 0.15) is 5.75 Å². The van der Waals surface area contributed by atoms with Gasteiger partial charge in [0.05, 0.1) is 6.10 Å². The lowest BCUT2D eigenvalue weighted by Gasteiger charge is -2.16. The van der Waals surface area contributed by atoms with Crippen molar-refractivity contribution in [1.29, 1.82) is 0 Å². The summed E-state index contributed by atoms with van der Waals surface area (Å²) in [5.41, 5.74) is 8.71. The van der Waals surface area contributed by atoms with Gasteiger partial charge in [0.2, 0.25) is 5.91 Å². The SMILES string of the molecule is Cl.Nc1ccccc1CCC(=O)NCc1ccccc1OC1CCCC1. The van der Waals surface area contributed by atoms with Gasteiger partial charge >= 0.3 is 0 Å². The number of hydrogen-bond donors (Lipinski definition) is 2. The molecule has 1 fully saturated rings. The quantitative estimate of drug-likeness (QED) is 0.711. The molecule has 140 valence electrons. The molecule has 0 spiro atoms. The molecule has 1 aliphatic rings. The summed E-state index contributed by atoms with van der Waals surface area (Å²) in [6.45, 7) is 0.492. The third-order valence-electron chi connectivity index (χ3n) is 4.72. The Morgan fingerprint density at radius 2 is 1.69 bits per heavy atom. The number of benzene rings is 2. The maximum atomic E-state index is 12.2. The first-order valence-electron chi connectivity index (χ1n) is 9.07. The summed E-state index contributed by atoms with van der Waals surface area (Å²) in [7, 11) is 0. The third-order valence-corrected chi connectivity index (χ3v) is 4.72. The fourth-order valence-electron chi connectivity index (χ4n) is 3.24. The lowest BCUT2D eigenvalue weighted by molar-refractivity contribution is -0.121. The zero-order valence-corrected chi connectivity index (χ0v) is 15.8. The molecule has 0 atom stereocenters. The van der Waals surface area contributed by atoms with Gasteiger partial charge in [-0.2, -0.15) is 0 Å². The second-order valence-electron chi connectivity index (χ2n) is 6.61. The van der Waals surface area contributed by atoms with E-state index in [4.69, 9.17) is 10.5 Å².